The van der Waals surface area contributed by atoms with E-state index in [1.165, 1.54) is 54.4 Å². The largest absolute Gasteiger partial charge is 0.332 e. The summed E-state index contributed by atoms with van der Waals surface area (Å²) in [6.07, 6.45) is 0. The highest BCUT2D eigenvalue weighted by Crippen LogP contribution is 2.19. The average Bonchev–Trinajstić information content (AvgIpc) is 2.49. The lowest BCUT2D eigenvalue weighted by atomic mass is 10.2. The van der Waals surface area contributed by atoms with E-state index >= 15 is 0 Å². The first-order chi connectivity index (χ1) is 10.9. The van der Waals surface area contributed by atoms with E-state index in [9.17, 15) is 18.4 Å². The van der Waals surface area contributed by atoms with Crippen molar-refractivity contribution in [1.29, 1.82) is 0 Å². The molecular formula is C16H13BrF2N2O2. The van der Waals surface area contributed by atoms with E-state index in [0.717, 1.165) is 0 Å². The van der Waals surface area contributed by atoms with Crippen LogP contribution in [0.2, 0.25) is 0 Å². The maximum absolute atomic E-state index is 13.0. The van der Waals surface area contributed by atoms with Crippen LogP contribution in [0, 0.1) is 11.6 Å². The molecule has 1 N–H and O–H groups in total. The lowest BCUT2D eigenvalue weighted by Crippen LogP contribution is -2.35. The van der Waals surface area contributed by atoms with Crippen molar-refractivity contribution in [2.75, 3.05) is 18.9 Å². The Morgan fingerprint density at radius 1 is 1.09 bits per heavy atom. The van der Waals surface area contributed by atoms with E-state index in [4.69, 9.17) is 0 Å². The lowest BCUT2D eigenvalue weighted by molar-refractivity contribution is -0.116. The van der Waals surface area contributed by atoms with E-state index in [1.54, 1.807) is 0 Å². The van der Waals surface area contributed by atoms with Crippen molar-refractivity contribution in [3.8, 4) is 0 Å². The van der Waals surface area contributed by atoms with Crippen molar-refractivity contribution < 1.29 is 18.4 Å². The lowest BCUT2D eigenvalue weighted by Gasteiger charge is -2.17. The van der Waals surface area contributed by atoms with Gasteiger partial charge in [-0.05, 0) is 58.4 Å². The maximum atomic E-state index is 13.0. The molecule has 0 fully saturated rings. The number of rotatable bonds is 4. The van der Waals surface area contributed by atoms with Gasteiger partial charge < -0.3 is 10.2 Å². The molecule has 0 aliphatic rings. The average molecular weight is 383 g/mol. The molecule has 2 rings (SSSR count). The molecule has 0 heterocycles. The second-order valence-electron chi connectivity index (χ2n) is 4.84. The molecule has 0 aliphatic heterocycles. The summed E-state index contributed by atoms with van der Waals surface area (Å²) in [6, 6.07) is 8.98. The Balaban J connectivity index is 2.00. The standard InChI is InChI=1S/C16H13BrF2N2O2/c1-21(16(23)13-7-4-11(19)8-14(13)17)9-15(22)20-12-5-2-10(18)3-6-12/h2-8H,9H2,1H3,(H,20,22). The number of hydrogen-bond acceptors (Lipinski definition) is 2. The molecule has 4 nitrogen and oxygen atoms in total. The normalized spacial score (nSPS) is 10.3. The quantitative estimate of drug-likeness (QED) is 0.880. The molecule has 0 bridgehead atoms. The fraction of sp³-hybridized carbons (Fsp3) is 0.125. The van der Waals surface area contributed by atoms with Crippen LogP contribution < -0.4 is 5.32 Å². The summed E-state index contributed by atoms with van der Waals surface area (Å²) in [5.41, 5.74) is 0.684. The van der Waals surface area contributed by atoms with Crippen molar-refractivity contribution in [3.63, 3.8) is 0 Å². The molecule has 0 saturated carbocycles. The molecule has 120 valence electrons. The van der Waals surface area contributed by atoms with E-state index < -0.39 is 23.4 Å². The summed E-state index contributed by atoms with van der Waals surface area (Å²) in [7, 11) is 1.46. The highest BCUT2D eigenvalue weighted by atomic mass is 79.9. The summed E-state index contributed by atoms with van der Waals surface area (Å²) >= 11 is 3.12. The molecule has 23 heavy (non-hydrogen) atoms. The Labute approximate surface area is 140 Å². The van der Waals surface area contributed by atoms with E-state index in [-0.39, 0.29) is 12.1 Å². The van der Waals surface area contributed by atoms with Gasteiger partial charge in [0.1, 0.15) is 11.6 Å². The summed E-state index contributed by atoms with van der Waals surface area (Å²) in [5.74, 6) is -1.72. The van der Waals surface area contributed by atoms with Crippen molar-refractivity contribution in [3.05, 3.63) is 64.1 Å². The van der Waals surface area contributed by atoms with E-state index in [2.05, 4.69) is 21.2 Å². The Morgan fingerprint density at radius 2 is 1.70 bits per heavy atom. The third-order valence-electron chi connectivity index (χ3n) is 3.02. The zero-order valence-electron chi connectivity index (χ0n) is 12.1. The number of carbonyl (C=O) groups excluding carboxylic acids is 2. The van der Waals surface area contributed by atoms with Gasteiger partial charge in [-0.15, -0.1) is 0 Å². The Morgan fingerprint density at radius 3 is 2.30 bits per heavy atom. The predicted molar refractivity (Wildman–Crippen MR) is 86.1 cm³/mol. The van der Waals surface area contributed by atoms with Gasteiger partial charge in [0.25, 0.3) is 5.91 Å². The van der Waals surface area contributed by atoms with Gasteiger partial charge in [0.15, 0.2) is 0 Å². The van der Waals surface area contributed by atoms with Gasteiger partial charge >= 0.3 is 0 Å². The molecule has 0 aliphatic carbocycles. The minimum Gasteiger partial charge on any atom is -0.332 e. The first-order valence-electron chi connectivity index (χ1n) is 6.63. The van der Waals surface area contributed by atoms with E-state index in [1.807, 2.05) is 0 Å². The first-order valence-corrected chi connectivity index (χ1v) is 7.42. The summed E-state index contributed by atoms with van der Waals surface area (Å²) in [6.45, 7) is -0.194. The third kappa shape index (κ3) is 4.59. The number of likely N-dealkylation sites (N-methyl/N-ethyl adjacent to an activating group) is 1. The molecule has 2 aromatic carbocycles. The van der Waals surface area contributed by atoms with Crippen molar-refractivity contribution in [2.45, 2.75) is 0 Å². The molecule has 2 amide bonds. The number of amides is 2. The fourth-order valence-electron chi connectivity index (χ4n) is 1.89. The second kappa shape index (κ2) is 7.32. The number of carbonyl (C=O) groups is 2. The van der Waals surface area contributed by atoms with Crippen LogP contribution in [0.1, 0.15) is 10.4 Å². The fourth-order valence-corrected chi connectivity index (χ4v) is 2.41. The smallest absolute Gasteiger partial charge is 0.255 e. The zero-order valence-corrected chi connectivity index (χ0v) is 13.7. The summed E-state index contributed by atoms with van der Waals surface area (Å²) in [4.78, 5) is 25.4. The monoisotopic (exact) mass is 382 g/mol. The molecule has 0 spiro atoms. The van der Waals surface area contributed by atoms with Crippen LogP contribution in [0.25, 0.3) is 0 Å². The van der Waals surface area contributed by atoms with Crippen molar-refractivity contribution in [2.24, 2.45) is 0 Å². The van der Waals surface area contributed by atoms with Crippen LogP contribution >= 0.6 is 15.9 Å². The Kier molecular flexibility index (Phi) is 5.44. The molecular weight excluding hydrogens is 370 g/mol. The highest BCUT2D eigenvalue weighted by Gasteiger charge is 2.17. The number of nitrogens with zero attached hydrogens (tertiary/aromatic N) is 1. The molecule has 0 saturated heterocycles. The van der Waals surface area contributed by atoms with Crippen LogP contribution in [0.5, 0.6) is 0 Å². The van der Waals surface area contributed by atoms with Gasteiger partial charge in [-0.2, -0.15) is 0 Å². The summed E-state index contributed by atoms with van der Waals surface area (Å²) in [5, 5.41) is 2.56. The van der Waals surface area contributed by atoms with Gasteiger partial charge in [-0.25, -0.2) is 8.78 Å². The zero-order chi connectivity index (χ0) is 17.0. The van der Waals surface area contributed by atoms with Gasteiger partial charge in [0.2, 0.25) is 5.91 Å². The third-order valence-corrected chi connectivity index (χ3v) is 3.67. The van der Waals surface area contributed by atoms with Crippen LogP contribution in [0.4, 0.5) is 14.5 Å². The summed E-state index contributed by atoms with van der Waals surface area (Å²) < 4.78 is 26.2. The van der Waals surface area contributed by atoms with Crippen molar-refractivity contribution in [1.82, 2.24) is 4.90 Å². The maximum Gasteiger partial charge on any atom is 0.255 e. The second-order valence-corrected chi connectivity index (χ2v) is 5.69. The highest BCUT2D eigenvalue weighted by molar-refractivity contribution is 9.10. The van der Waals surface area contributed by atoms with Gasteiger partial charge in [0, 0.05) is 17.2 Å². The Bertz CT molecular complexity index is 735. The molecule has 2 aromatic rings. The number of nitrogens with one attached hydrogen (secondary N) is 1. The van der Waals surface area contributed by atoms with Crippen LogP contribution in [-0.2, 0) is 4.79 Å². The van der Waals surface area contributed by atoms with E-state index in [0.29, 0.717) is 10.2 Å². The predicted octanol–water partition coefficient (Wildman–Crippen LogP) is 3.44. The molecule has 7 heteroatoms. The van der Waals surface area contributed by atoms with Gasteiger partial charge in [0.05, 0.1) is 12.1 Å². The Hall–Kier alpha value is -2.28. The van der Waals surface area contributed by atoms with Crippen LogP contribution in [0.3, 0.4) is 0 Å². The minimum atomic E-state index is -0.467. The number of hydrogen-bond donors (Lipinski definition) is 1. The molecule has 0 atom stereocenters. The number of anilines is 1. The van der Waals surface area contributed by atoms with Gasteiger partial charge in [-0.1, -0.05) is 0 Å². The number of benzene rings is 2. The molecule has 0 aromatic heterocycles. The number of halogens is 3. The SMILES string of the molecule is CN(CC(=O)Nc1ccc(F)cc1)C(=O)c1ccc(F)cc1Br. The first kappa shape index (κ1) is 17.1. The van der Waals surface area contributed by atoms with Crippen LogP contribution in [-0.4, -0.2) is 30.3 Å². The molecule has 0 unspecified atom stereocenters. The minimum absolute atomic E-state index is 0.194. The van der Waals surface area contributed by atoms with Crippen LogP contribution in [0.15, 0.2) is 46.9 Å². The van der Waals surface area contributed by atoms with Gasteiger partial charge in [-0.3, -0.25) is 9.59 Å². The molecule has 0 radical (unpaired) electrons. The van der Waals surface area contributed by atoms with Crippen molar-refractivity contribution >= 4 is 33.4 Å². The topological polar surface area (TPSA) is 49.4 Å².